The molecule has 0 radical (unpaired) electrons. The lowest BCUT2D eigenvalue weighted by molar-refractivity contribution is 0.325. The smallest absolute Gasteiger partial charge is 0.213 e. The molecule has 0 aliphatic rings. The van der Waals surface area contributed by atoms with Gasteiger partial charge >= 0.3 is 0 Å². The number of hydrogen-bond acceptors (Lipinski definition) is 4. The van der Waals surface area contributed by atoms with Gasteiger partial charge in [0.1, 0.15) is 4.62 Å². The quantitative estimate of drug-likeness (QED) is 0.447. The van der Waals surface area contributed by atoms with E-state index in [-0.39, 0.29) is 10.5 Å². The lowest BCUT2D eigenvalue weighted by Gasteiger charge is -2.08. The number of rotatable bonds is 3. The number of nitrogens with one attached hydrogen (secondary N) is 2. The Kier molecular flexibility index (Phi) is 3.85. The summed E-state index contributed by atoms with van der Waals surface area (Å²) in [6.45, 7) is 2.27. The summed E-state index contributed by atoms with van der Waals surface area (Å²) in [4.78, 5) is 0. The van der Waals surface area contributed by atoms with Gasteiger partial charge in [0.05, 0.1) is 6.61 Å². The summed E-state index contributed by atoms with van der Waals surface area (Å²) in [6, 6.07) is 5.02. The summed E-state index contributed by atoms with van der Waals surface area (Å²) in [6.07, 6.45) is 0. The maximum atomic E-state index is 7.59. The summed E-state index contributed by atoms with van der Waals surface area (Å²) < 4.78 is 5.26. The number of halogens is 1. The van der Waals surface area contributed by atoms with Crippen LogP contribution in [0.25, 0.3) is 0 Å². The second kappa shape index (κ2) is 4.93. The molecular formula is C10H12BrN3O. The summed E-state index contributed by atoms with van der Waals surface area (Å²) in [7, 11) is 0. The van der Waals surface area contributed by atoms with E-state index < -0.39 is 0 Å². The summed E-state index contributed by atoms with van der Waals surface area (Å²) >= 11 is 3.05. The molecule has 0 aromatic heterocycles. The van der Waals surface area contributed by atoms with E-state index in [4.69, 9.17) is 21.3 Å². The second-order valence-corrected chi connectivity index (χ2v) is 3.67. The molecule has 1 aromatic carbocycles. The number of nitrogens with two attached hydrogens (primary N) is 1. The van der Waals surface area contributed by atoms with Gasteiger partial charge in [-0.15, -0.1) is 0 Å². The first-order valence-corrected chi connectivity index (χ1v) is 5.21. The molecular weight excluding hydrogens is 258 g/mol. The molecule has 0 atom stereocenters. The van der Waals surface area contributed by atoms with Gasteiger partial charge in [-0.05, 0) is 41.1 Å². The van der Waals surface area contributed by atoms with Crippen molar-refractivity contribution in [1.82, 2.24) is 0 Å². The summed E-state index contributed by atoms with van der Waals surface area (Å²) in [5.41, 5.74) is 7.37. The lowest BCUT2D eigenvalue weighted by Crippen LogP contribution is -2.07. The van der Waals surface area contributed by atoms with Crippen molar-refractivity contribution >= 4 is 32.1 Å². The van der Waals surface area contributed by atoms with Crippen molar-refractivity contribution in [3.63, 3.8) is 0 Å². The van der Waals surface area contributed by atoms with E-state index in [0.717, 1.165) is 0 Å². The van der Waals surface area contributed by atoms with Crippen LogP contribution in [0.4, 0.5) is 5.69 Å². The molecule has 80 valence electrons. The number of ether oxygens (including phenoxy) is 1. The van der Waals surface area contributed by atoms with Crippen molar-refractivity contribution in [2.45, 2.75) is 6.92 Å². The number of anilines is 1. The summed E-state index contributed by atoms with van der Waals surface area (Å²) in [5.74, 6) is 0.0903. The monoisotopic (exact) mass is 269 g/mol. The van der Waals surface area contributed by atoms with E-state index in [9.17, 15) is 0 Å². The normalized spacial score (nSPS) is 9.73. The Morgan fingerprint density at radius 2 is 2.13 bits per heavy atom. The van der Waals surface area contributed by atoms with Gasteiger partial charge in [0.25, 0.3) is 0 Å². The van der Waals surface area contributed by atoms with Crippen LogP contribution in [0, 0.1) is 10.8 Å². The zero-order chi connectivity index (χ0) is 11.4. The van der Waals surface area contributed by atoms with E-state index in [1.54, 1.807) is 18.2 Å². The topological polar surface area (TPSA) is 82.9 Å². The Hall–Kier alpha value is -1.36. The van der Waals surface area contributed by atoms with Gasteiger partial charge < -0.3 is 10.5 Å². The molecule has 0 bridgehead atoms. The van der Waals surface area contributed by atoms with Crippen molar-refractivity contribution in [3.8, 4) is 0 Å². The molecule has 0 fully saturated rings. The zero-order valence-corrected chi connectivity index (χ0v) is 9.89. The average Bonchev–Trinajstić information content (AvgIpc) is 2.18. The first-order chi connectivity index (χ1) is 7.06. The average molecular weight is 270 g/mol. The van der Waals surface area contributed by atoms with Crippen molar-refractivity contribution in [1.29, 1.82) is 10.8 Å². The van der Waals surface area contributed by atoms with Crippen molar-refractivity contribution in [2.75, 3.05) is 12.3 Å². The molecule has 1 rings (SSSR count). The van der Waals surface area contributed by atoms with E-state index in [1.165, 1.54) is 0 Å². The molecule has 1 aromatic rings. The SMILES string of the molecule is CCOC(=N)c1ccc(N)c(C(=N)Br)c1. The third-order valence-electron chi connectivity index (χ3n) is 1.84. The molecule has 0 saturated carbocycles. The fourth-order valence-corrected chi connectivity index (χ4v) is 1.46. The number of hydrogen-bond donors (Lipinski definition) is 3. The van der Waals surface area contributed by atoms with Crippen LogP contribution >= 0.6 is 15.9 Å². The van der Waals surface area contributed by atoms with Crippen LogP contribution in [0.15, 0.2) is 18.2 Å². The first-order valence-electron chi connectivity index (χ1n) is 4.42. The standard InChI is InChI=1S/C10H12BrN3O/c1-2-15-10(14)6-3-4-8(12)7(5-6)9(11)13/h3-5,13-14H,2,12H2,1H3. The Balaban J connectivity index is 3.07. The van der Waals surface area contributed by atoms with Crippen LogP contribution < -0.4 is 5.73 Å². The number of nitrogen functional groups attached to an aromatic ring is 1. The largest absolute Gasteiger partial charge is 0.478 e. The fraction of sp³-hybridized carbons (Fsp3) is 0.200. The second-order valence-electron chi connectivity index (χ2n) is 2.88. The fourth-order valence-electron chi connectivity index (χ4n) is 1.12. The Morgan fingerprint density at radius 3 is 2.67 bits per heavy atom. The third kappa shape index (κ3) is 2.79. The molecule has 4 N–H and O–H groups in total. The minimum Gasteiger partial charge on any atom is -0.478 e. The van der Waals surface area contributed by atoms with Crippen molar-refractivity contribution in [2.24, 2.45) is 0 Å². The molecule has 0 aliphatic heterocycles. The van der Waals surface area contributed by atoms with E-state index in [0.29, 0.717) is 23.4 Å². The Labute approximate surface area is 96.6 Å². The highest BCUT2D eigenvalue weighted by Crippen LogP contribution is 2.17. The molecule has 4 nitrogen and oxygen atoms in total. The van der Waals surface area contributed by atoms with Crippen molar-refractivity contribution in [3.05, 3.63) is 29.3 Å². The highest BCUT2D eigenvalue weighted by atomic mass is 79.9. The van der Waals surface area contributed by atoms with Gasteiger partial charge in [-0.25, -0.2) is 0 Å². The molecule has 0 heterocycles. The van der Waals surface area contributed by atoms with Crippen LogP contribution in [-0.2, 0) is 4.74 Å². The van der Waals surface area contributed by atoms with Gasteiger partial charge in [0.2, 0.25) is 5.90 Å². The Morgan fingerprint density at radius 1 is 1.47 bits per heavy atom. The molecule has 5 heteroatoms. The van der Waals surface area contributed by atoms with Crippen LogP contribution in [0.2, 0.25) is 0 Å². The molecule has 0 unspecified atom stereocenters. The zero-order valence-electron chi connectivity index (χ0n) is 8.30. The van der Waals surface area contributed by atoms with Gasteiger partial charge in [0.15, 0.2) is 0 Å². The minimum atomic E-state index is 0.0903. The van der Waals surface area contributed by atoms with Gasteiger partial charge in [-0.2, -0.15) is 0 Å². The van der Waals surface area contributed by atoms with Crippen molar-refractivity contribution < 1.29 is 4.74 Å². The van der Waals surface area contributed by atoms with E-state index in [1.807, 2.05) is 6.92 Å². The molecule has 15 heavy (non-hydrogen) atoms. The Bertz CT molecular complexity index is 404. The van der Waals surface area contributed by atoms with Gasteiger partial charge in [0, 0.05) is 16.8 Å². The van der Waals surface area contributed by atoms with Crippen LogP contribution in [0.3, 0.4) is 0 Å². The molecule has 0 saturated heterocycles. The molecule has 0 spiro atoms. The first kappa shape index (κ1) is 11.7. The van der Waals surface area contributed by atoms with Gasteiger partial charge in [-0.3, -0.25) is 10.8 Å². The van der Waals surface area contributed by atoms with E-state index >= 15 is 0 Å². The van der Waals surface area contributed by atoms with Crippen LogP contribution in [-0.4, -0.2) is 17.1 Å². The molecule has 0 amide bonds. The predicted octanol–water partition coefficient (Wildman–Crippen LogP) is 2.35. The minimum absolute atomic E-state index is 0.0903. The maximum absolute atomic E-state index is 7.59. The predicted molar refractivity (Wildman–Crippen MR) is 65.1 cm³/mol. The highest BCUT2D eigenvalue weighted by molar-refractivity contribution is 9.18. The van der Waals surface area contributed by atoms with Gasteiger partial charge in [-0.1, -0.05) is 0 Å². The third-order valence-corrected chi connectivity index (χ3v) is 2.27. The van der Waals surface area contributed by atoms with Crippen LogP contribution in [0.5, 0.6) is 0 Å². The lowest BCUT2D eigenvalue weighted by atomic mass is 10.1. The highest BCUT2D eigenvalue weighted by Gasteiger charge is 2.08. The summed E-state index contributed by atoms with van der Waals surface area (Å²) in [5, 5.41) is 15.0. The van der Waals surface area contributed by atoms with Crippen LogP contribution in [0.1, 0.15) is 18.1 Å². The van der Waals surface area contributed by atoms with E-state index in [2.05, 4.69) is 15.9 Å². The number of benzene rings is 1. The maximum Gasteiger partial charge on any atom is 0.213 e. The molecule has 0 aliphatic carbocycles.